The third-order valence-corrected chi connectivity index (χ3v) is 2.74. The first kappa shape index (κ1) is 8.75. The van der Waals surface area contributed by atoms with Gasteiger partial charge >= 0.3 is 0 Å². The maximum Gasteiger partial charge on any atom is 0.108 e. The molecule has 0 radical (unpaired) electrons. The summed E-state index contributed by atoms with van der Waals surface area (Å²) in [6.07, 6.45) is 3.05. The van der Waals surface area contributed by atoms with E-state index in [0.717, 1.165) is 32.6 Å². The Morgan fingerprint density at radius 2 is 1.92 bits per heavy atom. The lowest BCUT2D eigenvalue weighted by atomic mass is 10.2. The molecule has 0 aromatic heterocycles. The second-order valence-electron chi connectivity index (χ2n) is 3.99. The lowest BCUT2D eigenvalue weighted by Gasteiger charge is -2.33. The van der Waals surface area contributed by atoms with E-state index < -0.39 is 0 Å². The lowest BCUT2D eigenvalue weighted by molar-refractivity contribution is 0.214. The molecule has 0 aromatic carbocycles. The summed E-state index contributed by atoms with van der Waals surface area (Å²) in [7, 11) is 2.18. The number of hydrogen-bond donors (Lipinski definition) is 0. The van der Waals surface area contributed by atoms with Crippen molar-refractivity contribution in [3.05, 3.63) is 11.8 Å². The maximum atomic E-state index is 4.43. The highest BCUT2D eigenvalue weighted by Gasteiger charge is 2.19. The minimum atomic E-state index is 1.06. The predicted molar refractivity (Wildman–Crippen MR) is 54.9 cm³/mol. The summed E-state index contributed by atoms with van der Waals surface area (Å²) < 4.78 is 0. The minimum Gasteiger partial charge on any atom is -0.357 e. The van der Waals surface area contributed by atoms with E-state index in [4.69, 9.17) is 0 Å². The van der Waals surface area contributed by atoms with Crippen molar-refractivity contribution in [3.63, 3.8) is 0 Å². The molecular weight excluding hydrogens is 162 g/mol. The van der Waals surface area contributed by atoms with Gasteiger partial charge in [0.1, 0.15) is 5.84 Å². The summed E-state index contributed by atoms with van der Waals surface area (Å²) in [5, 5.41) is 0. The largest absolute Gasteiger partial charge is 0.357 e. The molecule has 0 bridgehead atoms. The number of nitrogens with zero attached hydrogens (tertiary/aromatic N) is 3. The van der Waals surface area contributed by atoms with E-state index >= 15 is 0 Å². The summed E-state index contributed by atoms with van der Waals surface area (Å²) >= 11 is 0. The van der Waals surface area contributed by atoms with Gasteiger partial charge in [-0.05, 0) is 19.5 Å². The van der Waals surface area contributed by atoms with E-state index in [9.17, 15) is 0 Å². The van der Waals surface area contributed by atoms with Gasteiger partial charge in [0.05, 0.1) is 0 Å². The van der Waals surface area contributed by atoms with E-state index in [1.54, 1.807) is 0 Å². The van der Waals surface area contributed by atoms with Crippen molar-refractivity contribution in [2.45, 2.75) is 13.3 Å². The molecule has 13 heavy (non-hydrogen) atoms. The molecule has 2 aliphatic heterocycles. The quantitative estimate of drug-likeness (QED) is 0.551. The van der Waals surface area contributed by atoms with E-state index in [1.165, 1.54) is 11.4 Å². The molecule has 0 atom stereocenters. The van der Waals surface area contributed by atoms with Crippen LogP contribution in [0.1, 0.15) is 13.3 Å². The molecule has 2 aliphatic rings. The SMILES string of the molecule is CC1=CN=C(N2CCN(C)CC2)C1. The minimum absolute atomic E-state index is 1.06. The van der Waals surface area contributed by atoms with E-state index in [2.05, 4.69) is 28.8 Å². The molecule has 0 spiro atoms. The maximum absolute atomic E-state index is 4.43. The van der Waals surface area contributed by atoms with Crippen molar-refractivity contribution in [1.82, 2.24) is 9.80 Å². The zero-order valence-electron chi connectivity index (χ0n) is 8.45. The Kier molecular flexibility index (Phi) is 2.36. The van der Waals surface area contributed by atoms with Gasteiger partial charge in [-0.15, -0.1) is 0 Å². The van der Waals surface area contributed by atoms with Gasteiger partial charge in [0, 0.05) is 38.8 Å². The van der Waals surface area contributed by atoms with Crippen LogP contribution in [0.5, 0.6) is 0 Å². The monoisotopic (exact) mass is 179 g/mol. The molecule has 1 saturated heterocycles. The number of likely N-dealkylation sites (N-methyl/N-ethyl adjacent to an activating group) is 1. The molecule has 0 aromatic rings. The predicted octanol–water partition coefficient (Wildman–Crippen LogP) is 0.940. The van der Waals surface area contributed by atoms with Crippen LogP contribution in [0.4, 0.5) is 0 Å². The van der Waals surface area contributed by atoms with Gasteiger partial charge in [0.15, 0.2) is 0 Å². The number of hydrogen-bond acceptors (Lipinski definition) is 3. The van der Waals surface area contributed by atoms with E-state index in [1.807, 2.05) is 6.20 Å². The second kappa shape index (κ2) is 3.50. The van der Waals surface area contributed by atoms with Gasteiger partial charge in [-0.25, -0.2) is 4.99 Å². The zero-order chi connectivity index (χ0) is 9.26. The average Bonchev–Trinajstić information content (AvgIpc) is 2.53. The van der Waals surface area contributed by atoms with Crippen LogP contribution in [0.25, 0.3) is 0 Å². The highest BCUT2D eigenvalue weighted by atomic mass is 15.3. The van der Waals surface area contributed by atoms with Crippen LogP contribution in [0.2, 0.25) is 0 Å². The molecule has 0 aliphatic carbocycles. The molecule has 1 fully saturated rings. The molecular formula is C10H17N3. The van der Waals surface area contributed by atoms with Crippen molar-refractivity contribution >= 4 is 5.84 Å². The van der Waals surface area contributed by atoms with Crippen LogP contribution >= 0.6 is 0 Å². The Balaban J connectivity index is 1.90. The highest BCUT2D eigenvalue weighted by molar-refractivity contribution is 5.87. The van der Waals surface area contributed by atoms with Gasteiger partial charge < -0.3 is 9.80 Å². The summed E-state index contributed by atoms with van der Waals surface area (Å²) in [5.41, 5.74) is 1.38. The van der Waals surface area contributed by atoms with Crippen molar-refractivity contribution in [2.24, 2.45) is 4.99 Å². The first-order valence-electron chi connectivity index (χ1n) is 4.91. The first-order chi connectivity index (χ1) is 6.25. The van der Waals surface area contributed by atoms with Crippen molar-refractivity contribution in [2.75, 3.05) is 33.2 Å². The van der Waals surface area contributed by atoms with Crippen LogP contribution in [-0.4, -0.2) is 48.9 Å². The third kappa shape index (κ3) is 1.91. The second-order valence-corrected chi connectivity index (χ2v) is 3.99. The summed E-state index contributed by atoms with van der Waals surface area (Å²) in [6, 6.07) is 0. The molecule has 3 nitrogen and oxygen atoms in total. The smallest absolute Gasteiger partial charge is 0.108 e. The number of rotatable bonds is 0. The molecule has 72 valence electrons. The van der Waals surface area contributed by atoms with Gasteiger partial charge in [-0.2, -0.15) is 0 Å². The Labute approximate surface area is 79.7 Å². The molecule has 0 unspecified atom stereocenters. The molecule has 0 saturated carbocycles. The molecule has 0 N–H and O–H groups in total. The van der Waals surface area contributed by atoms with E-state index in [0.29, 0.717) is 0 Å². The Hall–Kier alpha value is -0.830. The summed E-state index contributed by atoms with van der Waals surface area (Å²) in [4.78, 5) is 9.20. The Morgan fingerprint density at radius 3 is 2.46 bits per heavy atom. The van der Waals surface area contributed by atoms with Crippen molar-refractivity contribution < 1.29 is 0 Å². The summed E-state index contributed by atoms with van der Waals surface area (Å²) in [6.45, 7) is 6.75. The summed E-state index contributed by atoms with van der Waals surface area (Å²) in [5.74, 6) is 1.27. The fourth-order valence-electron chi connectivity index (χ4n) is 1.78. The lowest BCUT2D eigenvalue weighted by Crippen LogP contribution is -2.46. The van der Waals surface area contributed by atoms with Crippen LogP contribution in [0, 0.1) is 0 Å². The fourth-order valence-corrected chi connectivity index (χ4v) is 1.78. The number of amidine groups is 1. The van der Waals surface area contributed by atoms with Crippen LogP contribution < -0.4 is 0 Å². The van der Waals surface area contributed by atoms with Gasteiger partial charge in [0.2, 0.25) is 0 Å². The number of aliphatic imine (C=N–C) groups is 1. The standard InChI is InChI=1S/C10H17N3/c1-9-7-10(11-8-9)13-5-3-12(2)4-6-13/h8H,3-7H2,1-2H3. The Bertz CT molecular complexity index is 247. The van der Waals surface area contributed by atoms with Crippen LogP contribution in [0.3, 0.4) is 0 Å². The molecule has 2 heterocycles. The van der Waals surface area contributed by atoms with E-state index in [-0.39, 0.29) is 0 Å². The van der Waals surface area contributed by atoms with Crippen molar-refractivity contribution in [3.8, 4) is 0 Å². The van der Waals surface area contributed by atoms with Crippen molar-refractivity contribution in [1.29, 1.82) is 0 Å². The van der Waals surface area contributed by atoms with Gasteiger partial charge in [0.25, 0.3) is 0 Å². The zero-order valence-corrected chi connectivity index (χ0v) is 8.45. The first-order valence-corrected chi connectivity index (χ1v) is 4.91. The normalized spacial score (nSPS) is 24.6. The fraction of sp³-hybridized carbons (Fsp3) is 0.700. The Morgan fingerprint density at radius 1 is 1.23 bits per heavy atom. The molecule has 0 amide bonds. The van der Waals surface area contributed by atoms with Crippen LogP contribution in [-0.2, 0) is 0 Å². The topological polar surface area (TPSA) is 18.8 Å². The average molecular weight is 179 g/mol. The molecule has 2 rings (SSSR count). The van der Waals surface area contributed by atoms with Gasteiger partial charge in [-0.3, -0.25) is 0 Å². The molecule has 3 heteroatoms. The van der Waals surface area contributed by atoms with Gasteiger partial charge in [-0.1, -0.05) is 0 Å². The highest BCUT2D eigenvalue weighted by Crippen LogP contribution is 2.14. The van der Waals surface area contributed by atoms with Crippen LogP contribution in [0.15, 0.2) is 16.8 Å². The number of piperazine rings is 1. The third-order valence-electron chi connectivity index (χ3n) is 2.74.